The van der Waals surface area contributed by atoms with Crippen molar-refractivity contribution in [3.05, 3.63) is 53.4 Å². The predicted octanol–water partition coefficient (Wildman–Crippen LogP) is 3.07. The van der Waals surface area contributed by atoms with Crippen molar-refractivity contribution in [3.63, 3.8) is 0 Å². The largest absolute Gasteiger partial charge is 0.360 e. The second-order valence-corrected chi connectivity index (χ2v) is 4.92. The maximum absolute atomic E-state index is 12.2. The van der Waals surface area contributed by atoms with Crippen LogP contribution in [0.2, 0.25) is 0 Å². The summed E-state index contributed by atoms with van der Waals surface area (Å²) in [6, 6.07) is 11.6. The van der Waals surface area contributed by atoms with Gasteiger partial charge in [-0.25, -0.2) is 0 Å². The Hall–Kier alpha value is -2.10. The third-order valence-electron chi connectivity index (χ3n) is 2.93. The first kappa shape index (κ1) is 13.3. The van der Waals surface area contributed by atoms with Crippen LogP contribution < -0.4 is 0 Å². The molecule has 2 rings (SSSR count). The van der Waals surface area contributed by atoms with E-state index in [9.17, 15) is 4.79 Å². The Bertz CT molecular complexity index is 546. The zero-order valence-corrected chi connectivity index (χ0v) is 11.5. The summed E-state index contributed by atoms with van der Waals surface area (Å²) in [4.78, 5) is 13.8. The molecule has 0 fully saturated rings. The van der Waals surface area contributed by atoms with Crippen molar-refractivity contribution >= 4 is 5.91 Å². The fourth-order valence-corrected chi connectivity index (χ4v) is 1.79. The predicted molar refractivity (Wildman–Crippen MR) is 72.8 cm³/mol. The summed E-state index contributed by atoms with van der Waals surface area (Å²) in [6.45, 7) is 4.56. The highest BCUT2D eigenvalue weighted by Gasteiger charge is 2.18. The molecule has 0 bridgehead atoms. The van der Waals surface area contributed by atoms with Crippen molar-refractivity contribution in [1.82, 2.24) is 10.1 Å². The first-order valence-corrected chi connectivity index (χ1v) is 6.34. The van der Waals surface area contributed by atoms with Gasteiger partial charge >= 0.3 is 0 Å². The van der Waals surface area contributed by atoms with Gasteiger partial charge in [-0.3, -0.25) is 4.79 Å². The first-order valence-electron chi connectivity index (χ1n) is 6.34. The monoisotopic (exact) mass is 258 g/mol. The van der Waals surface area contributed by atoms with Gasteiger partial charge in [0.05, 0.1) is 0 Å². The Morgan fingerprint density at radius 2 is 2.00 bits per heavy atom. The maximum Gasteiger partial charge on any atom is 0.276 e. The lowest BCUT2D eigenvalue weighted by molar-refractivity contribution is 0.0774. The average Bonchev–Trinajstić information content (AvgIpc) is 2.88. The van der Waals surface area contributed by atoms with Crippen LogP contribution in [-0.2, 0) is 6.54 Å². The molecular weight excluding hydrogens is 240 g/mol. The zero-order chi connectivity index (χ0) is 13.8. The summed E-state index contributed by atoms with van der Waals surface area (Å²) < 4.78 is 5.15. The quantitative estimate of drug-likeness (QED) is 0.846. The van der Waals surface area contributed by atoms with Crippen molar-refractivity contribution in [2.75, 3.05) is 7.05 Å². The Morgan fingerprint density at radius 1 is 1.32 bits per heavy atom. The van der Waals surface area contributed by atoms with Gasteiger partial charge < -0.3 is 9.42 Å². The number of carbonyl (C=O) groups is 1. The lowest BCUT2D eigenvalue weighted by atomic mass is 10.1. The van der Waals surface area contributed by atoms with Crippen LogP contribution in [0.3, 0.4) is 0 Å². The Labute approximate surface area is 113 Å². The normalized spacial score (nSPS) is 10.7. The minimum atomic E-state index is -0.125. The van der Waals surface area contributed by atoms with Gasteiger partial charge in [0.15, 0.2) is 5.69 Å². The molecule has 0 spiro atoms. The van der Waals surface area contributed by atoms with Crippen molar-refractivity contribution in [2.45, 2.75) is 26.3 Å². The molecule has 4 heteroatoms. The summed E-state index contributed by atoms with van der Waals surface area (Å²) in [5, 5.41) is 3.83. The molecule has 0 saturated carbocycles. The maximum atomic E-state index is 12.2. The summed E-state index contributed by atoms with van der Waals surface area (Å²) >= 11 is 0. The number of rotatable bonds is 4. The fraction of sp³-hybridized carbons (Fsp3) is 0.333. The van der Waals surface area contributed by atoms with E-state index in [1.54, 1.807) is 18.0 Å². The molecule has 0 atom stereocenters. The van der Waals surface area contributed by atoms with E-state index in [1.165, 1.54) is 0 Å². The van der Waals surface area contributed by atoms with Gasteiger partial charge in [0.1, 0.15) is 5.76 Å². The highest BCUT2D eigenvalue weighted by atomic mass is 16.5. The lowest BCUT2D eigenvalue weighted by Gasteiger charge is -2.15. The van der Waals surface area contributed by atoms with Crippen molar-refractivity contribution in [2.24, 2.45) is 0 Å². The van der Waals surface area contributed by atoms with Crippen molar-refractivity contribution < 1.29 is 9.32 Å². The molecule has 2 aromatic rings. The number of benzene rings is 1. The molecule has 0 saturated heterocycles. The second kappa shape index (κ2) is 5.69. The van der Waals surface area contributed by atoms with Gasteiger partial charge in [0.25, 0.3) is 5.91 Å². The molecule has 1 amide bonds. The van der Waals surface area contributed by atoms with Crippen molar-refractivity contribution in [3.8, 4) is 0 Å². The van der Waals surface area contributed by atoms with E-state index in [-0.39, 0.29) is 11.8 Å². The Morgan fingerprint density at radius 3 is 2.58 bits per heavy atom. The third-order valence-corrected chi connectivity index (χ3v) is 2.93. The highest BCUT2D eigenvalue weighted by Crippen LogP contribution is 2.16. The topological polar surface area (TPSA) is 46.3 Å². The van der Waals surface area contributed by atoms with Crippen LogP contribution in [0, 0.1) is 0 Å². The molecule has 19 heavy (non-hydrogen) atoms. The van der Waals surface area contributed by atoms with Crippen LogP contribution in [-0.4, -0.2) is 23.0 Å². The number of hydrogen-bond acceptors (Lipinski definition) is 3. The minimum absolute atomic E-state index is 0.125. The Kier molecular flexibility index (Phi) is 4.00. The van der Waals surface area contributed by atoms with Crippen molar-refractivity contribution in [1.29, 1.82) is 0 Å². The van der Waals surface area contributed by atoms with Crippen LogP contribution in [0.4, 0.5) is 0 Å². The van der Waals surface area contributed by atoms with Crippen LogP contribution in [0.5, 0.6) is 0 Å². The molecule has 1 aromatic heterocycles. The highest BCUT2D eigenvalue weighted by molar-refractivity contribution is 5.92. The molecule has 1 aromatic carbocycles. The van der Waals surface area contributed by atoms with Gasteiger partial charge in [-0.1, -0.05) is 49.3 Å². The molecule has 100 valence electrons. The molecule has 0 aliphatic rings. The standard InChI is InChI=1S/C15H18N2O2/c1-11(2)14-9-13(16-19-14)15(18)17(3)10-12-7-5-4-6-8-12/h4-9,11H,10H2,1-3H3. The molecular formula is C15H18N2O2. The molecule has 0 N–H and O–H groups in total. The number of carbonyl (C=O) groups excluding carboxylic acids is 1. The van der Waals surface area contributed by atoms with Crippen LogP contribution >= 0.6 is 0 Å². The van der Waals surface area contributed by atoms with Gasteiger partial charge in [-0.15, -0.1) is 0 Å². The molecule has 4 nitrogen and oxygen atoms in total. The summed E-state index contributed by atoms with van der Waals surface area (Å²) in [5.41, 5.74) is 1.45. The van der Waals surface area contributed by atoms with Crippen LogP contribution in [0.15, 0.2) is 40.9 Å². The summed E-state index contributed by atoms with van der Waals surface area (Å²) in [7, 11) is 1.76. The first-order chi connectivity index (χ1) is 9.08. The van der Waals surface area contributed by atoms with E-state index >= 15 is 0 Å². The van der Waals surface area contributed by atoms with Crippen LogP contribution in [0.25, 0.3) is 0 Å². The molecule has 0 radical (unpaired) electrons. The molecule has 1 heterocycles. The number of amides is 1. The number of nitrogens with zero attached hydrogens (tertiary/aromatic N) is 2. The number of hydrogen-bond donors (Lipinski definition) is 0. The van der Waals surface area contributed by atoms with E-state index in [1.807, 2.05) is 44.2 Å². The minimum Gasteiger partial charge on any atom is -0.360 e. The number of aromatic nitrogens is 1. The second-order valence-electron chi connectivity index (χ2n) is 4.92. The fourth-order valence-electron chi connectivity index (χ4n) is 1.79. The molecule has 0 aliphatic heterocycles. The third kappa shape index (κ3) is 3.22. The van der Waals surface area contributed by atoms with E-state index in [0.717, 1.165) is 11.3 Å². The van der Waals surface area contributed by atoms with E-state index in [4.69, 9.17) is 4.52 Å². The average molecular weight is 258 g/mol. The zero-order valence-electron chi connectivity index (χ0n) is 11.5. The van der Waals surface area contributed by atoms with E-state index in [2.05, 4.69) is 5.16 Å². The smallest absolute Gasteiger partial charge is 0.276 e. The summed E-state index contributed by atoms with van der Waals surface area (Å²) in [5.74, 6) is 0.837. The molecule has 0 aliphatic carbocycles. The Balaban J connectivity index is 2.06. The summed E-state index contributed by atoms with van der Waals surface area (Å²) in [6.07, 6.45) is 0. The van der Waals surface area contributed by atoms with Gasteiger partial charge in [0.2, 0.25) is 0 Å². The molecule has 0 unspecified atom stereocenters. The SMILES string of the molecule is CC(C)c1cc(C(=O)N(C)Cc2ccccc2)no1. The van der Waals surface area contributed by atoms with Gasteiger partial charge in [-0.05, 0) is 5.56 Å². The van der Waals surface area contributed by atoms with E-state index in [0.29, 0.717) is 12.2 Å². The van der Waals surface area contributed by atoms with E-state index < -0.39 is 0 Å². The van der Waals surface area contributed by atoms with Crippen LogP contribution in [0.1, 0.15) is 41.6 Å². The lowest BCUT2D eigenvalue weighted by Crippen LogP contribution is -2.26. The van der Waals surface area contributed by atoms with Gasteiger partial charge in [0, 0.05) is 25.6 Å². The van der Waals surface area contributed by atoms with Gasteiger partial charge in [-0.2, -0.15) is 0 Å².